The lowest BCUT2D eigenvalue weighted by Gasteiger charge is -2.04. The van der Waals surface area contributed by atoms with Gasteiger partial charge in [0.2, 0.25) is 0 Å². The molecule has 1 aliphatic heterocycles. The molecule has 0 aromatic carbocycles. The van der Waals surface area contributed by atoms with Crippen molar-refractivity contribution in [3.05, 3.63) is 0 Å². The summed E-state index contributed by atoms with van der Waals surface area (Å²) >= 11 is 0. The molecule has 0 saturated carbocycles. The number of sulfone groups is 1. The van der Waals surface area contributed by atoms with Gasteiger partial charge in [0, 0.05) is 6.54 Å². The van der Waals surface area contributed by atoms with Gasteiger partial charge in [0.1, 0.15) is 0 Å². The van der Waals surface area contributed by atoms with Crippen molar-refractivity contribution in [2.45, 2.75) is 11.7 Å². The van der Waals surface area contributed by atoms with E-state index < -0.39 is 21.1 Å². The molecule has 0 aromatic heterocycles. The van der Waals surface area contributed by atoms with Gasteiger partial charge < -0.3 is 5.32 Å². The van der Waals surface area contributed by atoms with E-state index in [1.54, 1.807) is 0 Å². The number of rotatable bonds is 2. The molecule has 0 bridgehead atoms. The van der Waals surface area contributed by atoms with E-state index in [-0.39, 0.29) is 0 Å². The minimum atomic E-state index is -3.43. The van der Waals surface area contributed by atoms with Gasteiger partial charge in [-0.15, -0.1) is 0 Å². The van der Waals surface area contributed by atoms with E-state index in [0.29, 0.717) is 19.5 Å². The molecule has 1 heterocycles. The molecule has 0 amide bonds. The molecule has 10 heavy (non-hydrogen) atoms. The van der Waals surface area contributed by atoms with Crippen LogP contribution in [0.3, 0.4) is 0 Å². The summed E-state index contributed by atoms with van der Waals surface area (Å²) in [6.45, 7) is 1.09. The van der Waals surface area contributed by atoms with E-state index in [4.69, 9.17) is 0 Å². The number of nitrogens with one attached hydrogen (secondary N) is 1. The molecule has 0 aliphatic carbocycles. The molecule has 5 heteroatoms. The zero-order valence-corrected chi connectivity index (χ0v) is 6.32. The maximum absolute atomic E-state index is 11.8. The second-order valence-corrected chi connectivity index (χ2v) is 4.60. The van der Waals surface area contributed by atoms with Crippen LogP contribution in [0.5, 0.6) is 0 Å². The molecule has 1 aliphatic rings. The van der Waals surface area contributed by atoms with Crippen LogP contribution in [0.15, 0.2) is 0 Å². The van der Waals surface area contributed by atoms with Gasteiger partial charge in [-0.05, 0) is 13.0 Å². The van der Waals surface area contributed by atoms with E-state index in [0.717, 1.165) is 0 Å². The van der Waals surface area contributed by atoms with Gasteiger partial charge in [-0.1, -0.05) is 0 Å². The third-order valence-electron chi connectivity index (χ3n) is 1.68. The highest BCUT2D eigenvalue weighted by Crippen LogP contribution is 2.10. The molecule has 1 saturated heterocycles. The second-order valence-electron chi connectivity index (χ2n) is 2.39. The Morgan fingerprint density at radius 1 is 1.60 bits per heavy atom. The summed E-state index contributed by atoms with van der Waals surface area (Å²) in [5, 5.41) is 2.38. The molecular formula is C5H10FNO2S. The van der Waals surface area contributed by atoms with E-state index in [9.17, 15) is 12.8 Å². The summed E-state index contributed by atoms with van der Waals surface area (Å²) < 4.78 is 33.4. The topological polar surface area (TPSA) is 46.2 Å². The second kappa shape index (κ2) is 2.84. The van der Waals surface area contributed by atoms with E-state index in [2.05, 4.69) is 5.32 Å². The fourth-order valence-electron chi connectivity index (χ4n) is 1.02. The van der Waals surface area contributed by atoms with E-state index in [1.807, 2.05) is 0 Å². The molecular weight excluding hydrogens is 157 g/mol. The maximum Gasteiger partial charge on any atom is 0.191 e. The number of hydrogen-bond acceptors (Lipinski definition) is 3. The van der Waals surface area contributed by atoms with Gasteiger partial charge in [-0.2, -0.15) is 0 Å². The molecule has 1 unspecified atom stereocenters. The third-order valence-corrected chi connectivity index (χ3v) is 3.40. The first-order valence-electron chi connectivity index (χ1n) is 3.15. The summed E-state index contributed by atoms with van der Waals surface area (Å²) in [4.78, 5) is 0. The molecule has 1 rings (SSSR count). The fraction of sp³-hybridized carbons (Fsp3) is 1.00. The van der Waals surface area contributed by atoms with Gasteiger partial charge >= 0.3 is 0 Å². The lowest BCUT2D eigenvalue weighted by molar-refractivity contribution is 0.525. The van der Waals surface area contributed by atoms with Crippen LogP contribution in [0.2, 0.25) is 0 Å². The highest BCUT2D eigenvalue weighted by molar-refractivity contribution is 7.91. The molecule has 3 nitrogen and oxygen atoms in total. The van der Waals surface area contributed by atoms with Gasteiger partial charge in [-0.25, -0.2) is 12.8 Å². The number of alkyl halides is 1. The zero-order valence-electron chi connectivity index (χ0n) is 5.51. The van der Waals surface area contributed by atoms with Crippen LogP contribution in [-0.2, 0) is 9.84 Å². The largest absolute Gasteiger partial charge is 0.315 e. The van der Waals surface area contributed by atoms with Gasteiger partial charge in [0.05, 0.1) is 5.25 Å². The van der Waals surface area contributed by atoms with E-state index >= 15 is 0 Å². The molecule has 60 valence electrons. The Labute approximate surface area is 59.5 Å². The third kappa shape index (κ3) is 1.46. The first-order valence-corrected chi connectivity index (χ1v) is 4.86. The smallest absolute Gasteiger partial charge is 0.191 e. The van der Waals surface area contributed by atoms with Crippen LogP contribution in [0.4, 0.5) is 4.39 Å². The number of halogens is 1. The lowest BCUT2D eigenvalue weighted by Crippen LogP contribution is -2.24. The highest BCUT2D eigenvalue weighted by atomic mass is 32.2. The van der Waals surface area contributed by atoms with Crippen molar-refractivity contribution in [2.24, 2.45) is 0 Å². The molecule has 1 atom stereocenters. The Morgan fingerprint density at radius 3 is 2.70 bits per heavy atom. The van der Waals surface area contributed by atoms with Crippen molar-refractivity contribution in [2.75, 3.05) is 19.1 Å². The Kier molecular flexibility index (Phi) is 2.25. The first-order chi connectivity index (χ1) is 4.67. The van der Waals surface area contributed by atoms with E-state index in [1.165, 1.54) is 0 Å². The molecule has 0 aromatic rings. The Morgan fingerprint density at radius 2 is 2.30 bits per heavy atom. The monoisotopic (exact) mass is 167 g/mol. The normalized spacial score (nSPS) is 27.1. The van der Waals surface area contributed by atoms with Crippen molar-refractivity contribution in [3.8, 4) is 0 Å². The summed E-state index contributed by atoms with van der Waals surface area (Å²) in [5.74, 6) is 0. The maximum atomic E-state index is 11.8. The van der Waals surface area contributed by atoms with Crippen molar-refractivity contribution in [3.63, 3.8) is 0 Å². The number of hydrogen-bond donors (Lipinski definition) is 1. The molecule has 0 spiro atoms. The predicted molar refractivity (Wildman–Crippen MR) is 36.2 cm³/mol. The summed E-state index contributed by atoms with van der Waals surface area (Å²) in [7, 11) is -3.43. The van der Waals surface area contributed by atoms with Crippen LogP contribution in [0.25, 0.3) is 0 Å². The minimum Gasteiger partial charge on any atom is -0.315 e. The van der Waals surface area contributed by atoms with Crippen LogP contribution in [0, 0.1) is 0 Å². The lowest BCUT2D eigenvalue weighted by atomic mass is 10.4. The highest BCUT2D eigenvalue weighted by Gasteiger charge is 2.27. The Hall–Kier alpha value is -0.160. The predicted octanol–water partition coefficient (Wildman–Crippen LogP) is -0.310. The standard InChI is InChI=1S/C5H10FNO2S/c6-4-10(8,9)5-1-2-7-3-5/h5,7H,1-4H2. The quantitative estimate of drug-likeness (QED) is 0.613. The van der Waals surface area contributed by atoms with Crippen molar-refractivity contribution < 1.29 is 12.8 Å². The van der Waals surface area contributed by atoms with Crippen LogP contribution < -0.4 is 5.32 Å². The Balaban J connectivity index is 2.63. The first kappa shape index (κ1) is 7.94. The zero-order chi connectivity index (χ0) is 7.61. The minimum absolute atomic E-state index is 0.409. The van der Waals surface area contributed by atoms with Crippen LogP contribution in [0.1, 0.15) is 6.42 Å². The molecule has 0 radical (unpaired) electrons. The van der Waals surface area contributed by atoms with Crippen LogP contribution >= 0.6 is 0 Å². The van der Waals surface area contributed by atoms with Crippen molar-refractivity contribution in [1.29, 1.82) is 0 Å². The summed E-state index contributed by atoms with van der Waals surface area (Å²) in [5.41, 5.74) is 0. The van der Waals surface area contributed by atoms with Crippen molar-refractivity contribution in [1.82, 2.24) is 5.32 Å². The summed E-state index contributed by atoms with van der Waals surface area (Å²) in [6, 6.07) is -1.22. The van der Waals surface area contributed by atoms with Crippen molar-refractivity contribution >= 4 is 9.84 Å². The van der Waals surface area contributed by atoms with Gasteiger partial charge in [-0.3, -0.25) is 0 Å². The Bertz CT molecular complexity index is 196. The SMILES string of the molecule is O=S(=O)(CF)C1CCNC1. The van der Waals surface area contributed by atoms with Gasteiger partial charge in [0.15, 0.2) is 15.8 Å². The average Bonchev–Trinajstić information content (AvgIpc) is 2.38. The van der Waals surface area contributed by atoms with Gasteiger partial charge in [0.25, 0.3) is 0 Å². The molecule has 1 fully saturated rings. The summed E-state index contributed by atoms with van der Waals surface area (Å²) in [6.07, 6.45) is 0.548. The fourth-order valence-corrected chi connectivity index (χ4v) is 2.05. The molecule has 1 N–H and O–H groups in total. The average molecular weight is 167 g/mol. The van der Waals surface area contributed by atoms with Crippen LogP contribution in [-0.4, -0.2) is 32.8 Å².